The average Bonchev–Trinajstić information content (AvgIpc) is 2.64. The van der Waals surface area contributed by atoms with Crippen molar-refractivity contribution in [3.05, 3.63) is 29.8 Å². The number of carbonyl (C=O) groups is 1. The van der Waals surface area contributed by atoms with Gasteiger partial charge in [-0.3, -0.25) is 4.90 Å². The van der Waals surface area contributed by atoms with Crippen molar-refractivity contribution in [3.8, 4) is 0 Å². The van der Waals surface area contributed by atoms with Gasteiger partial charge in [0.25, 0.3) is 0 Å². The maximum atomic E-state index is 12.4. The molecule has 1 saturated carbocycles. The van der Waals surface area contributed by atoms with Crippen LogP contribution in [0, 0.1) is 12.8 Å². The molecule has 0 bridgehead atoms. The minimum Gasteiger partial charge on any atom is -0.379 e. The topological polar surface area (TPSA) is 53.6 Å². The molecule has 0 atom stereocenters. The Labute approximate surface area is 151 Å². The third-order valence-electron chi connectivity index (χ3n) is 5.77. The largest absolute Gasteiger partial charge is 0.379 e. The van der Waals surface area contributed by atoms with Crippen molar-refractivity contribution >= 4 is 11.7 Å². The number of morpholine rings is 1. The van der Waals surface area contributed by atoms with E-state index in [9.17, 15) is 4.79 Å². The summed E-state index contributed by atoms with van der Waals surface area (Å²) < 4.78 is 5.53. The highest BCUT2D eigenvalue weighted by Gasteiger charge is 2.40. The van der Waals surface area contributed by atoms with Gasteiger partial charge in [0.2, 0.25) is 0 Å². The van der Waals surface area contributed by atoms with Crippen LogP contribution in [0.4, 0.5) is 10.5 Å². The van der Waals surface area contributed by atoms with E-state index in [1.807, 2.05) is 31.2 Å². The van der Waals surface area contributed by atoms with Gasteiger partial charge in [-0.1, -0.05) is 24.6 Å². The molecule has 138 valence electrons. The number of hydrogen-bond donors (Lipinski definition) is 2. The molecule has 1 aromatic rings. The molecule has 2 N–H and O–H groups in total. The molecule has 0 unspecified atom stereocenters. The fourth-order valence-electron chi connectivity index (χ4n) is 4.00. The highest BCUT2D eigenvalue weighted by atomic mass is 16.5. The smallest absolute Gasteiger partial charge is 0.319 e. The Kier molecular flexibility index (Phi) is 5.97. The Hall–Kier alpha value is -1.59. The van der Waals surface area contributed by atoms with E-state index in [0.717, 1.165) is 50.8 Å². The van der Waals surface area contributed by atoms with Crippen LogP contribution in [0.2, 0.25) is 0 Å². The summed E-state index contributed by atoms with van der Waals surface area (Å²) in [5.74, 6) is 0.788. The predicted octanol–water partition coefficient (Wildman–Crippen LogP) is 3.40. The maximum Gasteiger partial charge on any atom is 0.319 e. The molecule has 3 rings (SSSR count). The molecule has 1 aromatic carbocycles. The summed E-state index contributed by atoms with van der Waals surface area (Å²) >= 11 is 0. The number of carbonyl (C=O) groups excluding carboxylic acids is 1. The zero-order valence-electron chi connectivity index (χ0n) is 15.5. The number of urea groups is 1. The summed E-state index contributed by atoms with van der Waals surface area (Å²) in [5.41, 5.74) is 2.11. The molecular weight excluding hydrogens is 314 g/mol. The first-order valence-corrected chi connectivity index (χ1v) is 9.52. The fourth-order valence-corrected chi connectivity index (χ4v) is 4.00. The molecule has 5 nitrogen and oxygen atoms in total. The van der Waals surface area contributed by atoms with Crippen LogP contribution in [0.3, 0.4) is 0 Å². The number of nitrogens with one attached hydrogen (secondary N) is 2. The van der Waals surface area contributed by atoms with Crippen molar-refractivity contribution in [2.75, 3.05) is 38.2 Å². The van der Waals surface area contributed by atoms with E-state index in [1.54, 1.807) is 0 Å². The van der Waals surface area contributed by atoms with Gasteiger partial charge in [0.15, 0.2) is 0 Å². The van der Waals surface area contributed by atoms with Crippen molar-refractivity contribution in [3.63, 3.8) is 0 Å². The van der Waals surface area contributed by atoms with Crippen LogP contribution in [0.5, 0.6) is 0 Å². The van der Waals surface area contributed by atoms with Crippen LogP contribution in [0.15, 0.2) is 24.3 Å². The summed E-state index contributed by atoms with van der Waals surface area (Å²) in [6.07, 6.45) is 4.77. The monoisotopic (exact) mass is 345 g/mol. The molecule has 2 aliphatic rings. The quantitative estimate of drug-likeness (QED) is 0.879. The van der Waals surface area contributed by atoms with E-state index in [2.05, 4.69) is 22.5 Å². The molecule has 2 fully saturated rings. The summed E-state index contributed by atoms with van der Waals surface area (Å²) in [4.78, 5) is 14.9. The first kappa shape index (κ1) is 18.2. The van der Waals surface area contributed by atoms with Crippen LogP contribution in [0.1, 0.15) is 38.2 Å². The number of ether oxygens (including phenoxy) is 1. The second-order valence-electron chi connectivity index (χ2n) is 7.68. The number of hydrogen-bond acceptors (Lipinski definition) is 3. The molecule has 1 saturated heterocycles. The number of rotatable bonds is 4. The molecule has 0 radical (unpaired) electrons. The van der Waals surface area contributed by atoms with Crippen LogP contribution < -0.4 is 10.6 Å². The highest BCUT2D eigenvalue weighted by Crippen LogP contribution is 2.36. The summed E-state index contributed by atoms with van der Waals surface area (Å²) in [6.45, 7) is 8.61. The van der Waals surface area contributed by atoms with E-state index in [4.69, 9.17) is 4.74 Å². The molecule has 0 aromatic heterocycles. The third kappa shape index (κ3) is 4.73. The van der Waals surface area contributed by atoms with Gasteiger partial charge in [-0.2, -0.15) is 0 Å². The lowest BCUT2D eigenvalue weighted by molar-refractivity contribution is -0.0401. The second kappa shape index (κ2) is 8.19. The minimum atomic E-state index is -0.116. The fraction of sp³-hybridized carbons (Fsp3) is 0.650. The summed E-state index contributed by atoms with van der Waals surface area (Å²) in [5, 5.41) is 6.08. The summed E-state index contributed by atoms with van der Waals surface area (Å²) in [6, 6.07) is 7.78. The zero-order valence-corrected chi connectivity index (χ0v) is 15.5. The minimum absolute atomic E-state index is 0.0842. The number of amides is 2. The van der Waals surface area contributed by atoms with Gasteiger partial charge in [-0.15, -0.1) is 0 Å². The average molecular weight is 345 g/mol. The number of benzene rings is 1. The Morgan fingerprint density at radius 1 is 1.20 bits per heavy atom. The van der Waals surface area contributed by atoms with Crippen molar-refractivity contribution in [1.29, 1.82) is 0 Å². The zero-order chi connectivity index (χ0) is 17.7. The number of nitrogens with zero attached hydrogens (tertiary/aromatic N) is 1. The number of anilines is 1. The lowest BCUT2D eigenvalue weighted by Crippen LogP contribution is -2.60. The first-order chi connectivity index (χ1) is 12.1. The highest BCUT2D eigenvalue weighted by molar-refractivity contribution is 5.89. The van der Waals surface area contributed by atoms with E-state index in [0.29, 0.717) is 6.54 Å². The van der Waals surface area contributed by atoms with E-state index < -0.39 is 0 Å². The lowest BCUT2D eigenvalue weighted by atomic mass is 9.75. The Morgan fingerprint density at radius 3 is 2.48 bits per heavy atom. The standard InChI is InChI=1S/C20H31N3O2/c1-16-3-5-18(6-4-16)22-19(24)21-15-20(9-7-17(2)8-10-20)23-11-13-25-14-12-23/h3-6,17H,7-15H2,1-2H3,(H2,21,22,24). The van der Waals surface area contributed by atoms with E-state index in [-0.39, 0.29) is 11.6 Å². The molecule has 5 heteroatoms. The Morgan fingerprint density at radius 2 is 1.84 bits per heavy atom. The van der Waals surface area contributed by atoms with Gasteiger partial charge >= 0.3 is 6.03 Å². The Balaban J connectivity index is 1.59. The van der Waals surface area contributed by atoms with Gasteiger partial charge in [-0.25, -0.2) is 4.79 Å². The van der Waals surface area contributed by atoms with Gasteiger partial charge in [0.1, 0.15) is 0 Å². The normalized spacial score (nSPS) is 27.7. The molecule has 1 aliphatic heterocycles. The molecule has 25 heavy (non-hydrogen) atoms. The molecule has 1 aliphatic carbocycles. The van der Waals surface area contributed by atoms with Gasteiger partial charge < -0.3 is 15.4 Å². The first-order valence-electron chi connectivity index (χ1n) is 9.52. The van der Waals surface area contributed by atoms with Crippen LogP contribution in [-0.4, -0.2) is 49.3 Å². The number of aryl methyl sites for hydroxylation is 1. The van der Waals surface area contributed by atoms with Gasteiger partial charge in [0.05, 0.1) is 13.2 Å². The second-order valence-corrected chi connectivity index (χ2v) is 7.68. The van der Waals surface area contributed by atoms with Crippen molar-refractivity contribution in [2.24, 2.45) is 5.92 Å². The van der Waals surface area contributed by atoms with Crippen molar-refractivity contribution in [1.82, 2.24) is 10.2 Å². The van der Waals surface area contributed by atoms with Crippen LogP contribution in [0.25, 0.3) is 0 Å². The Bertz CT molecular complexity index is 559. The third-order valence-corrected chi connectivity index (χ3v) is 5.77. The predicted molar refractivity (Wildman–Crippen MR) is 101 cm³/mol. The van der Waals surface area contributed by atoms with Crippen LogP contribution in [-0.2, 0) is 4.74 Å². The van der Waals surface area contributed by atoms with Crippen LogP contribution >= 0.6 is 0 Å². The van der Waals surface area contributed by atoms with Crippen molar-refractivity contribution in [2.45, 2.75) is 45.1 Å². The molecule has 1 heterocycles. The summed E-state index contributed by atoms with van der Waals surface area (Å²) in [7, 11) is 0. The molecule has 0 spiro atoms. The van der Waals surface area contributed by atoms with Gasteiger partial charge in [0, 0.05) is 30.9 Å². The molecule has 2 amide bonds. The maximum absolute atomic E-state index is 12.4. The van der Waals surface area contributed by atoms with Crippen molar-refractivity contribution < 1.29 is 9.53 Å². The lowest BCUT2D eigenvalue weighted by Gasteiger charge is -2.49. The van der Waals surface area contributed by atoms with E-state index in [1.165, 1.54) is 18.4 Å². The molecular formula is C20H31N3O2. The SMILES string of the molecule is Cc1ccc(NC(=O)NCC2(N3CCOCC3)CCC(C)CC2)cc1. The van der Waals surface area contributed by atoms with E-state index >= 15 is 0 Å². The van der Waals surface area contributed by atoms with Gasteiger partial charge in [-0.05, 0) is 50.7 Å².